The molecule has 3 aromatic carbocycles. The summed E-state index contributed by atoms with van der Waals surface area (Å²) in [5.41, 5.74) is 12.7. The van der Waals surface area contributed by atoms with Gasteiger partial charge >= 0.3 is 0 Å². The van der Waals surface area contributed by atoms with Crippen molar-refractivity contribution in [2.75, 3.05) is 136 Å². The minimum atomic E-state index is -0.825. The lowest BCUT2D eigenvalue weighted by Crippen LogP contribution is -2.54. The number of para-hydroxylation sites is 1. The molecular formula is C56H82N8O13. The van der Waals surface area contributed by atoms with Crippen LogP contribution >= 0.6 is 0 Å². The average molecular weight is 1080 g/mol. The Bertz CT molecular complexity index is 2340. The van der Waals surface area contributed by atoms with E-state index >= 15 is 0 Å². The van der Waals surface area contributed by atoms with Gasteiger partial charge in [0.15, 0.2) is 0 Å². The van der Waals surface area contributed by atoms with Crippen LogP contribution in [0.2, 0.25) is 0 Å². The molecule has 5 rings (SSSR count). The number of rotatable bonds is 40. The van der Waals surface area contributed by atoms with E-state index in [0.717, 1.165) is 45.7 Å². The Kier molecular flexibility index (Phi) is 29.4. The zero-order chi connectivity index (χ0) is 54.9. The van der Waals surface area contributed by atoms with Crippen molar-refractivity contribution in [2.24, 2.45) is 11.7 Å². The van der Waals surface area contributed by atoms with Crippen molar-refractivity contribution in [3.8, 4) is 22.5 Å². The molecule has 0 saturated carbocycles. The van der Waals surface area contributed by atoms with Crippen molar-refractivity contribution >= 4 is 35.0 Å². The molecule has 1 aliphatic rings. The van der Waals surface area contributed by atoms with Crippen molar-refractivity contribution in [1.82, 2.24) is 25.6 Å². The third-order valence-corrected chi connectivity index (χ3v) is 12.2. The third kappa shape index (κ3) is 22.6. The number of aryl methyl sites for hydroxylation is 1. The van der Waals surface area contributed by atoms with Crippen LogP contribution in [0, 0.1) is 12.8 Å². The molecule has 4 amide bonds. The van der Waals surface area contributed by atoms with Crippen molar-refractivity contribution in [3.63, 3.8) is 0 Å². The molecule has 4 aromatic rings. The molecule has 0 saturated heterocycles. The number of carbonyl (C=O) groups excluding carboxylic acids is 4. The fraction of sp³-hybridized carbons (Fsp3) is 0.571. The first-order chi connectivity index (χ1) is 37.6. The van der Waals surface area contributed by atoms with E-state index in [1.807, 2.05) is 98.2 Å². The summed E-state index contributed by atoms with van der Waals surface area (Å²) in [5, 5.41) is 17.6. The van der Waals surface area contributed by atoms with Gasteiger partial charge in [-0.1, -0.05) is 79.2 Å². The highest BCUT2D eigenvalue weighted by molar-refractivity contribution is 6.00. The number of nitrogens with zero attached hydrogens (tertiary/aromatic N) is 4. The summed E-state index contributed by atoms with van der Waals surface area (Å²) < 4.78 is 52.3. The van der Waals surface area contributed by atoms with Crippen LogP contribution in [0.15, 0.2) is 72.8 Å². The summed E-state index contributed by atoms with van der Waals surface area (Å²) in [6, 6.07) is 21.7. The fourth-order valence-corrected chi connectivity index (χ4v) is 8.10. The van der Waals surface area contributed by atoms with Crippen LogP contribution in [0.25, 0.3) is 22.5 Å². The number of fused-ring (bicyclic) bond motifs is 5. The number of carbonyl (C=O) groups is 4. The normalized spacial score (nSPS) is 12.8. The molecule has 77 heavy (non-hydrogen) atoms. The van der Waals surface area contributed by atoms with E-state index in [0.29, 0.717) is 150 Å². The Hall–Kier alpha value is -5.72. The molecule has 5 N–H and O–H groups in total. The van der Waals surface area contributed by atoms with Gasteiger partial charge in [-0.15, -0.1) is 5.10 Å². The van der Waals surface area contributed by atoms with Gasteiger partial charge in [0.2, 0.25) is 23.6 Å². The van der Waals surface area contributed by atoms with Gasteiger partial charge in [-0.25, -0.2) is 4.68 Å². The standard InChI is InChI=1S/C56H82N8O13/c1-42(2)52(56(68)59-49(14-9-10-21-57)55(67)58-46-18-16-43(3)17-19-46)60-51(66)20-23-69-25-27-71-29-31-73-33-35-75-37-39-77-40-38-76-36-34-74-32-30-72-28-26-70-24-22-64-54-47-12-6-5-11-45(47)41-63(44(4)65)50-15-8-7-13-48(50)53(54)61-62-64/h5-8,11-13,15-19,42,49,52H,9-10,14,20-41,57H2,1-4H3,(H,58,67)(H,59,68)(H,60,66)/t49-,52-/m0/s1. The minimum Gasteiger partial charge on any atom is -0.379 e. The topological polar surface area (TPSA) is 247 Å². The number of ether oxygens (including phenoxy) is 9. The van der Waals surface area contributed by atoms with Crippen LogP contribution in [-0.4, -0.2) is 176 Å². The maximum atomic E-state index is 13.3. The van der Waals surface area contributed by atoms with Gasteiger partial charge in [0, 0.05) is 30.2 Å². The molecule has 2 atom stereocenters. The molecule has 0 radical (unpaired) electrons. The van der Waals surface area contributed by atoms with E-state index < -0.39 is 18.0 Å². The number of aromatic nitrogens is 3. The number of anilines is 2. The number of nitrogens with two attached hydrogens (primary N) is 1. The SMILES string of the molecule is CC(=O)N1Cc2ccccc2-c2c(nnn2CCOCCOCCOCCOCCOCCOCCOCCOCCOCCC(=O)N[C@H](C(=O)N[C@@H](CCCCN)C(=O)Nc2ccc(C)cc2)C(C)C)-c2ccccc21. The highest BCUT2D eigenvalue weighted by Crippen LogP contribution is 2.40. The molecule has 424 valence electrons. The molecule has 21 heteroatoms. The summed E-state index contributed by atoms with van der Waals surface area (Å²) in [4.78, 5) is 53.7. The van der Waals surface area contributed by atoms with Gasteiger partial charge in [0.05, 0.1) is 143 Å². The fourth-order valence-electron chi connectivity index (χ4n) is 8.10. The Morgan fingerprint density at radius 2 is 1.12 bits per heavy atom. The highest BCUT2D eigenvalue weighted by atomic mass is 16.6. The number of amides is 4. The minimum absolute atomic E-state index is 0.0349. The molecule has 0 unspecified atom stereocenters. The monoisotopic (exact) mass is 1070 g/mol. The lowest BCUT2D eigenvalue weighted by atomic mass is 9.95. The van der Waals surface area contributed by atoms with Crippen LogP contribution in [0.3, 0.4) is 0 Å². The zero-order valence-electron chi connectivity index (χ0n) is 45.5. The van der Waals surface area contributed by atoms with Gasteiger partial charge in [-0.3, -0.25) is 19.2 Å². The van der Waals surface area contributed by atoms with Crippen LogP contribution in [0.1, 0.15) is 57.6 Å². The molecule has 0 spiro atoms. The molecule has 0 fully saturated rings. The first-order valence-corrected chi connectivity index (χ1v) is 26.8. The largest absolute Gasteiger partial charge is 0.379 e. The molecular weight excluding hydrogens is 993 g/mol. The van der Waals surface area contributed by atoms with E-state index in [4.69, 9.17) is 48.4 Å². The Morgan fingerprint density at radius 3 is 1.65 bits per heavy atom. The summed E-state index contributed by atoms with van der Waals surface area (Å²) in [5.74, 6) is -1.33. The van der Waals surface area contributed by atoms with E-state index in [2.05, 4.69) is 26.3 Å². The number of unbranched alkanes of at least 4 members (excludes halogenated alkanes) is 1. The summed E-state index contributed by atoms with van der Waals surface area (Å²) in [6.07, 6.45) is 1.87. The predicted molar refractivity (Wildman–Crippen MR) is 291 cm³/mol. The lowest BCUT2D eigenvalue weighted by molar-refractivity contribution is -0.132. The number of benzene rings is 3. The van der Waals surface area contributed by atoms with Gasteiger partial charge in [0.1, 0.15) is 17.8 Å². The molecule has 21 nitrogen and oxygen atoms in total. The molecule has 1 aliphatic heterocycles. The number of hydrogen-bond donors (Lipinski definition) is 4. The van der Waals surface area contributed by atoms with Gasteiger partial charge in [0.25, 0.3) is 0 Å². The smallest absolute Gasteiger partial charge is 0.246 e. The van der Waals surface area contributed by atoms with E-state index in [1.165, 1.54) is 0 Å². The summed E-state index contributed by atoms with van der Waals surface area (Å²) >= 11 is 0. The van der Waals surface area contributed by atoms with Crippen LogP contribution < -0.4 is 26.6 Å². The Labute approximate surface area is 453 Å². The van der Waals surface area contributed by atoms with Crippen molar-refractivity contribution in [2.45, 2.75) is 78.6 Å². The maximum Gasteiger partial charge on any atom is 0.246 e. The first-order valence-electron chi connectivity index (χ1n) is 26.8. The number of nitrogens with one attached hydrogen (secondary N) is 3. The quantitative estimate of drug-likeness (QED) is 0.0440. The zero-order valence-corrected chi connectivity index (χ0v) is 45.5. The molecule has 0 aliphatic carbocycles. The second kappa shape index (κ2) is 36.4. The second-order valence-corrected chi connectivity index (χ2v) is 18.5. The van der Waals surface area contributed by atoms with Crippen molar-refractivity contribution in [1.29, 1.82) is 0 Å². The molecule has 1 aromatic heterocycles. The summed E-state index contributed by atoms with van der Waals surface area (Å²) in [7, 11) is 0. The van der Waals surface area contributed by atoms with Crippen molar-refractivity contribution < 1.29 is 61.8 Å². The Balaban J connectivity index is 0.770. The van der Waals surface area contributed by atoms with E-state index in [1.54, 1.807) is 11.8 Å². The van der Waals surface area contributed by atoms with Gasteiger partial charge in [-0.2, -0.15) is 0 Å². The Morgan fingerprint density at radius 1 is 0.610 bits per heavy atom. The highest BCUT2D eigenvalue weighted by Gasteiger charge is 2.30. The van der Waals surface area contributed by atoms with Gasteiger partial charge < -0.3 is 69.2 Å². The predicted octanol–water partition coefficient (Wildman–Crippen LogP) is 4.72. The van der Waals surface area contributed by atoms with Crippen LogP contribution in [0.4, 0.5) is 11.4 Å². The van der Waals surface area contributed by atoms with Crippen LogP contribution in [-0.2, 0) is 74.9 Å². The second-order valence-electron chi connectivity index (χ2n) is 18.5. The summed E-state index contributed by atoms with van der Waals surface area (Å²) in [6.45, 7) is 16.0. The lowest BCUT2D eigenvalue weighted by Gasteiger charge is -2.27. The van der Waals surface area contributed by atoms with Crippen molar-refractivity contribution in [3.05, 3.63) is 83.9 Å². The molecule has 2 heterocycles. The first kappa shape index (κ1) is 62.1. The average Bonchev–Trinajstić information content (AvgIpc) is 3.84. The maximum absolute atomic E-state index is 13.3. The van der Waals surface area contributed by atoms with E-state index in [-0.39, 0.29) is 36.7 Å². The third-order valence-electron chi connectivity index (χ3n) is 12.2. The van der Waals surface area contributed by atoms with Gasteiger partial charge in [-0.05, 0) is 62.4 Å². The number of hydrogen-bond acceptors (Lipinski definition) is 16. The van der Waals surface area contributed by atoms with Crippen LogP contribution in [0.5, 0.6) is 0 Å². The van der Waals surface area contributed by atoms with E-state index in [9.17, 15) is 19.2 Å². The molecule has 0 bridgehead atoms.